The van der Waals surface area contributed by atoms with E-state index in [9.17, 15) is 0 Å². The second-order valence-electron chi connectivity index (χ2n) is 12.0. The van der Waals surface area contributed by atoms with Crippen LogP contribution < -0.4 is 16.4 Å². The van der Waals surface area contributed by atoms with Gasteiger partial charge in [0.1, 0.15) is 5.52 Å². The zero-order valence-corrected chi connectivity index (χ0v) is 25.7. The molecule has 8 heteroatoms. The van der Waals surface area contributed by atoms with Gasteiger partial charge in [0.05, 0.1) is 18.2 Å². The van der Waals surface area contributed by atoms with E-state index in [4.69, 9.17) is 10.5 Å². The first-order chi connectivity index (χ1) is 20.4. The molecule has 0 radical (unpaired) electrons. The van der Waals surface area contributed by atoms with Gasteiger partial charge in [-0.05, 0) is 47.2 Å². The molecule has 0 aliphatic carbocycles. The lowest BCUT2D eigenvalue weighted by Crippen LogP contribution is -2.51. The molecule has 1 fully saturated rings. The maximum Gasteiger partial charge on any atom is 0.222 e. The molecule has 4 aromatic rings. The van der Waals surface area contributed by atoms with Crippen LogP contribution in [0.4, 0.5) is 11.8 Å². The summed E-state index contributed by atoms with van der Waals surface area (Å²) in [4.78, 5) is 11.5. The van der Waals surface area contributed by atoms with Crippen LogP contribution >= 0.6 is 0 Å². The van der Waals surface area contributed by atoms with Gasteiger partial charge in [-0.2, -0.15) is 4.98 Å². The van der Waals surface area contributed by atoms with E-state index in [1.165, 1.54) is 40.7 Å². The van der Waals surface area contributed by atoms with Crippen molar-refractivity contribution in [2.75, 3.05) is 30.7 Å². The molecule has 1 aliphatic heterocycles. The maximum atomic E-state index is 6.18. The summed E-state index contributed by atoms with van der Waals surface area (Å²) in [6.07, 6.45) is 5.88. The van der Waals surface area contributed by atoms with Gasteiger partial charge >= 0.3 is 0 Å². The monoisotopic (exact) mass is 569 g/mol. The highest BCUT2D eigenvalue weighted by atomic mass is 16.5. The summed E-state index contributed by atoms with van der Waals surface area (Å²) in [5.74, 6) is 1.12. The lowest BCUT2D eigenvalue weighted by molar-refractivity contribution is -0.0658. The van der Waals surface area contributed by atoms with Gasteiger partial charge in [-0.3, -0.25) is 4.90 Å². The van der Waals surface area contributed by atoms with Crippen LogP contribution in [0, 0.1) is 6.92 Å². The van der Waals surface area contributed by atoms with Crippen molar-refractivity contribution >= 4 is 22.8 Å². The van der Waals surface area contributed by atoms with Crippen molar-refractivity contribution in [2.45, 2.75) is 85.3 Å². The fraction of sp³-hybridized carbons (Fsp3) is 0.471. The highest BCUT2D eigenvalue weighted by Crippen LogP contribution is 2.25. The summed E-state index contributed by atoms with van der Waals surface area (Å²) in [6, 6.07) is 18.1. The molecular formula is C34H47N7O. The van der Waals surface area contributed by atoms with E-state index in [0.717, 1.165) is 62.5 Å². The second kappa shape index (κ2) is 14.1. The SMILES string of the molecule is CCCCCNc1nc(N)nc2ccn(Cc3ccc(CN4CC(OCc5ccc(CNC(C)C)cc5)C4)cc3C)c12. The van der Waals surface area contributed by atoms with Crippen molar-refractivity contribution in [1.29, 1.82) is 0 Å². The topological polar surface area (TPSA) is 93.3 Å². The molecule has 4 N–H and O–H groups in total. The number of rotatable bonds is 15. The van der Waals surface area contributed by atoms with Gasteiger partial charge < -0.3 is 25.7 Å². The molecular weight excluding hydrogens is 522 g/mol. The van der Waals surface area contributed by atoms with Crippen LogP contribution in [0.2, 0.25) is 0 Å². The van der Waals surface area contributed by atoms with Gasteiger partial charge in [0, 0.05) is 51.5 Å². The van der Waals surface area contributed by atoms with E-state index in [1.54, 1.807) is 0 Å². The van der Waals surface area contributed by atoms with Gasteiger partial charge in [0.2, 0.25) is 5.95 Å². The van der Waals surface area contributed by atoms with E-state index in [-0.39, 0.29) is 0 Å². The Balaban J connectivity index is 1.12. The molecule has 0 saturated carbocycles. The summed E-state index contributed by atoms with van der Waals surface area (Å²) in [6.45, 7) is 14.9. The van der Waals surface area contributed by atoms with E-state index in [1.807, 2.05) is 6.07 Å². The minimum absolute atomic E-state index is 0.302. The largest absolute Gasteiger partial charge is 0.371 e. The zero-order chi connectivity index (χ0) is 29.5. The molecule has 2 aromatic heterocycles. The highest BCUT2D eigenvalue weighted by Gasteiger charge is 2.27. The lowest BCUT2D eigenvalue weighted by atomic mass is 10.0. The van der Waals surface area contributed by atoms with Crippen molar-refractivity contribution in [1.82, 2.24) is 24.8 Å². The van der Waals surface area contributed by atoms with Crippen LogP contribution in [-0.2, 0) is 31.0 Å². The van der Waals surface area contributed by atoms with E-state index in [2.05, 4.69) is 106 Å². The number of unbranched alkanes of at least 4 members (excludes halogenated alkanes) is 2. The first kappa shape index (κ1) is 30.0. The first-order valence-electron chi connectivity index (χ1n) is 15.5. The molecule has 5 rings (SSSR count). The van der Waals surface area contributed by atoms with Crippen molar-refractivity contribution in [3.8, 4) is 0 Å². The number of hydrogen-bond acceptors (Lipinski definition) is 7. The van der Waals surface area contributed by atoms with Crippen LogP contribution in [0.5, 0.6) is 0 Å². The number of aromatic nitrogens is 3. The molecule has 0 unspecified atom stereocenters. The molecule has 224 valence electrons. The van der Waals surface area contributed by atoms with Gasteiger partial charge in [-0.1, -0.05) is 76.1 Å². The van der Waals surface area contributed by atoms with Crippen molar-refractivity contribution < 1.29 is 4.74 Å². The fourth-order valence-corrected chi connectivity index (χ4v) is 5.48. The van der Waals surface area contributed by atoms with Crippen molar-refractivity contribution in [3.05, 3.63) is 82.5 Å². The molecule has 0 spiro atoms. The number of likely N-dealkylation sites (tertiary alicyclic amines) is 1. The van der Waals surface area contributed by atoms with Gasteiger partial charge in [0.25, 0.3) is 0 Å². The summed E-state index contributed by atoms with van der Waals surface area (Å²) >= 11 is 0. The fourth-order valence-electron chi connectivity index (χ4n) is 5.48. The standard InChI is InChI=1S/C34H47N7O/c1-5-6-7-15-36-33-32-31(38-34(35)39-33)14-16-41(32)20-29-13-12-28(17-25(29)4)19-40-21-30(22-40)42-23-27-10-8-26(9-11-27)18-37-24(2)3/h8-14,16-17,24,30,37H,5-7,15,18-23H2,1-4H3,(H3,35,36,38,39). The number of aryl methyl sites for hydroxylation is 1. The van der Waals surface area contributed by atoms with Gasteiger partial charge in [0.15, 0.2) is 5.82 Å². The average molecular weight is 570 g/mol. The molecule has 8 nitrogen and oxygen atoms in total. The number of anilines is 2. The molecule has 1 aliphatic rings. The average Bonchev–Trinajstić information content (AvgIpc) is 3.35. The third-order valence-electron chi connectivity index (χ3n) is 8.00. The number of nitrogen functional groups attached to an aromatic ring is 1. The second-order valence-corrected chi connectivity index (χ2v) is 12.0. The predicted molar refractivity (Wildman–Crippen MR) is 173 cm³/mol. The Bertz CT molecular complexity index is 1440. The Labute approximate surface area is 250 Å². The molecule has 0 amide bonds. The van der Waals surface area contributed by atoms with Gasteiger partial charge in [-0.15, -0.1) is 0 Å². The van der Waals surface area contributed by atoms with Crippen LogP contribution in [-0.4, -0.2) is 51.2 Å². The molecule has 1 saturated heterocycles. The minimum atomic E-state index is 0.302. The third kappa shape index (κ3) is 7.88. The Morgan fingerprint density at radius 3 is 2.48 bits per heavy atom. The molecule has 0 bridgehead atoms. The maximum absolute atomic E-state index is 6.18. The lowest BCUT2D eigenvalue weighted by Gasteiger charge is -2.39. The molecule has 42 heavy (non-hydrogen) atoms. The molecule has 0 atom stereocenters. The summed E-state index contributed by atoms with van der Waals surface area (Å²) in [5, 5.41) is 6.96. The Morgan fingerprint density at radius 1 is 0.976 bits per heavy atom. The quantitative estimate of drug-likeness (QED) is 0.154. The normalized spacial score (nSPS) is 14.1. The van der Waals surface area contributed by atoms with E-state index in [0.29, 0.717) is 24.7 Å². The summed E-state index contributed by atoms with van der Waals surface area (Å²) < 4.78 is 8.41. The van der Waals surface area contributed by atoms with Crippen LogP contribution in [0.15, 0.2) is 54.7 Å². The van der Waals surface area contributed by atoms with E-state index >= 15 is 0 Å². The highest BCUT2D eigenvalue weighted by molar-refractivity contribution is 5.87. The first-order valence-corrected chi connectivity index (χ1v) is 15.5. The van der Waals surface area contributed by atoms with Crippen LogP contribution in [0.1, 0.15) is 67.9 Å². The number of nitrogens with zero attached hydrogens (tertiary/aromatic N) is 4. The minimum Gasteiger partial charge on any atom is -0.371 e. The summed E-state index contributed by atoms with van der Waals surface area (Å²) in [5.41, 5.74) is 14.4. The molecule has 3 heterocycles. The van der Waals surface area contributed by atoms with Crippen LogP contribution in [0.25, 0.3) is 11.0 Å². The number of hydrogen-bond donors (Lipinski definition) is 3. The number of fused-ring (bicyclic) bond motifs is 1. The van der Waals surface area contributed by atoms with E-state index < -0.39 is 0 Å². The molecule has 2 aromatic carbocycles. The third-order valence-corrected chi connectivity index (χ3v) is 8.00. The smallest absolute Gasteiger partial charge is 0.222 e. The number of benzene rings is 2. The van der Waals surface area contributed by atoms with Crippen molar-refractivity contribution in [3.63, 3.8) is 0 Å². The Morgan fingerprint density at radius 2 is 1.74 bits per heavy atom. The van der Waals surface area contributed by atoms with Crippen molar-refractivity contribution in [2.24, 2.45) is 0 Å². The Kier molecular flexibility index (Phi) is 10.1. The number of nitrogens with one attached hydrogen (secondary N) is 2. The Hall–Kier alpha value is -3.46. The zero-order valence-electron chi connectivity index (χ0n) is 25.7. The summed E-state index contributed by atoms with van der Waals surface area (Å²) in [7, 11) is 0. The van der Waals surface area contributed by atoms with Crippen LogP contribution in [0.3, 0.4) is 0 Å². The van der Waals surface area contributed by atoms with Gasteiger partial charge in [-0.25, -0.2) is 4.98 Å². The number of ether oxygens (including phenoxy) is 1. The predicted octanol–water partition coefficient (Wildman–Crippen LogP) is 5.87. The number of nitrogens with two attached hydrogens (primary N) is 1.